The number of nitrogens with two attached hydrogens (primary N) is 1. The Kier molecular flexibility index (Phi) is 6.15. The van der Waals surface area contributed by atoms with Gasteiger partial charge in [0, 0.05) is 12.6 Å². The first-order chi connectivity index (χ1) is 9.85. The molecule has 1 aromatic rings. The van der Waals surface area contributed by atoms with Crippen LogP contribution in [0.1, 0.15) is 25.7 Å². The third-order valence-corrected chi connectivity index (χ3v) is 3.95. The number of methoxy groups -OCH3 is 1. The third-order valence-electron chi connectivity index (χ3n) is 3.95. The fraction of sp³-hybridized carbons (Fsp3) is 0.625. The molecule has 0 bridgehead atoms. The van der Waals surface area contributed by atoms with Crippen LogP contribution in [0, 0.1) is 0 Å². The van der Waals surface area contributed by atoms with E-state index >= 15 is 0 Å². The molecule has 1 aromatic carbocycles. The van der Waals surface area contributed by atoms with Gasteiger partial charge in [0.2, 0.25) is 0 Å². The first-order valence-electron chi connectivity index (χ1n) is 7.55. The molecule has 0 radical (unpaired) electrons. The quantitative estimate of drug-likeness (QED) is 0.792. The van der Waals surface area contributed by atoms with Gasteiger partial charge in [-0.3, -0.25) is 4.90 Å². The minimum Gasteiger partial charge on any atom is -0.493 e. The van der Waals surface area contributed by atoms with Crippen molar-refractivity contribution in [1.82, 2.24) is 4.90 Å². The maximum Gasteiger partial charge on any atom is 0.161 e. The molecule has 0 saturated carbocycles. The maximum atomic E-state index is 5.85. The predicted molar refractivity (Wildman–Crippen MR) is 81.4 cm³/mol. The van der Waals surface area contributed by atoms with Crippen LogP contribution >= 0.6 is 0 Å². The number of nitrogens with zero attached hydrogens (tertiary/aromatic N) is 1. The molecule has 1 fully saturated rings. The van der Waals surface area contributed by atoms with Crippen LogP contribution in [0.15, 0.2) is 24.3 Å². The molecule has 0 amide bonds. The van der Waals surface area contributed by atoms with Gasteiger partial charge in [0.15, 0.2) is 11.5 Å². The second-order valence-corrected chi connectivity index (χ2v) is 5.26. The van der Waals surface area contributed by atoms with Gasteiger partial charge >= 0.3 is 0 Å². The summed E-state index contributed by atoms with van der Waals surface area (Å²) in [5.74, 6) is 1.63. The van der Waals surface area contributed by atoms with E-state index in [0.717, 1.165) is 31.0 Å². The summed E-state index contributed by atoms with van der Waals surface area (Å²) >= 11 is 0. The van der Waals surface area contributed by atoms with Gasteiger partial charge in [-0.05, 0) is 50.9 Å². The van der Waals surface area contributed by atoms with Crippen LogP contribution in [-0.4, -0.2) is 44.3 Å². The molecule has 1 atom stereocenters. The molecule has 0 spiro atoms. The number of para-hydroxylation sites is 2. The molecule has 1 saturated heterocycles. The number of likely N-dealkylation sites (tertiary alicyclic amines) is 1. The molecule has 1 unspecified atom stereocenters. The summed E-state index contributed by atoms with van der Waals surface area (Å²) in [7, 11) is 1.67. The molecule has 1 aliphatic heterocycles. The van der Waals surface area contributed by atoms with Crippen LogP contribution < -0.4 is 15.2 Å². The molecular weight excluding hydrogens is 252 g/mol. The summed E-state index contributed by atoms with van der Waals surface area (Å²) in [6, 6.07) is 8.50. The number of hydrogen-bond acceptors (Lipinski definition) is 4. The van der Waals surface area contributed by atoms with E-state index in [-0.39, 0.29) is 0 Å². The molecule has 4 heteroatoms. The molecular formula is C16H26N2O2. The summed E-state index contributed by atoms with van der Waals surface area (Å²) in [5.41, 5.74) is 5.60. The summed E-state index contributed by atoms with van der Waals surface area (Å²) in [5, 5.41) is 0. The molecule has 2 rings (SSSR count). The topological polar surface area (TPSA) is 47.7 Å². The summed E-state index contributed by atoms with van der Waals surface area (Å²) in [4.78, 5) is 2.53. The standard InChI is InChI=1S/C16H26N2O2/c1-19-15-8-2-3-9-16(15)20-13-12-18-11-5-7-14(18)6-4-10-17/h2-3,8-9,14H,4-7,10-13,17H2,1H3. The number of rotatable bonds is 8. The fourth-order valence-corrected chi connectivity index (χ4v) is 2.88. The second-order valence-electron chi connectivity index (χ2n) is 5.26. The highest BCUT2D eigenvalue weighted by atomic mass is 16.5. The first-order valence-corrected chi connectivity index (χ1v) is 7.55. The molecule has 0 aliphatic carbocycles. The van der Waals surface area contributed by atoms with Crippen LogP contribution in [0.3, 0.4) is 0 Å². The predicted octanol–water partition coefficient (Wildman–Crippen LogP) is 2.28. The van der Waals surface area contributed by atoms with E-state index in [0.29, 0.717) is 12.6 Å². The zero-order valence-corrected chi connectivity index (χ0v) is 12.4. The molecule has 4 nitrogen and oxygen atoms in total. The van der Waals surface area contributed by atoms with Crippen LogP contribution in [0.2, 0.25) is 0 Å². The average molecular weight is 278 g/mol. The Bertz CT molecular complexity index is 398. The van der Waals surface area contributed by atoms with Crippen molar-refractivity contribution in [3.8, 4) is 11.5 Å². The van der Waals surface area contributed by atoms with E-state index in [1.54, 1.807) is 7.11 Å². The highest BCUT2D eigenvalue weighted by molar-refractivity contribution is 5.39. The normalized spacial score (nSPS) is 19.2. The minimum absolute atomic E-state index is 0.694. The van der Waals surface area contributed by atoms with Crippen molar-refractivity contribution in [2.24, 2.45) is 5.73 Å². The molecule has 1 aliphatic rings. The Hall–Kier alpha value is -1.26. The maximum absolute atomic E-state index is 5.85. The zero-order valence-electron chi connectivity index (χ0n) is 12.4. The summed E-state index contributed by atoms with van der Waals surface area (Å²) in [6.45, 7) is 3.67. The Morgan fingerprint density at radius 3 is 2.85 bits per heavy atom. The zero-order chi connectivity index (χ0) is 14.2. The smallest absolute Gasteiger partial charge is 0.161 e. The van der Waals surface area contributed by atoms with Crippen LogP contribution in [0.5, 0.6) is 11.5 Å². The summed E-state index contributed by atoms with van der Waals surface area (Å²) < 4.78 is 11.1. The SMILES string of the molecule is COc1ccccc1OCCN1CCCC1CCCN. The van der Waals surface area contributed by atoms with E-state index in [2.05, 4.69) is 4.90 Å². The van der Waals surface area contributed by atoms with Gasteiger partial charge in [0.05, 0.1) is 7.11 Å². The van der Waals surface area contributed by atoms with Crippen molar-refractivity contribution in [2.45, 2.75) is 31.7 Å². The molecule has 20 heavy (non-hydrogen) atoms. The van der Waals surface area contributed by atoms with Crippen LogP contribution in [-0.2, 0) is 0 Å². The van der Waals surface area contributed by atoms with Gasteiger partial charge < -0.3 is 15.2 Å². The average Bonchev–Trinajstić information content (AvgIpc) is 2.93. The third kappa shape index (κ3) is 4.12. The van der Waals surface area contributed by atoms with Crippen molar-refractivity contribution < 1.29 is 9.47 Å². The number of benzene rings is 1. The Labute approximate surface area is 121 Å². The lowest BCUT2D eigenvalue weighted by Gasteiger charge is -2.24. The lowest BCUT2D eigenvalue weighted by molar-refractivity contribution is 0.186. The van der Waals surface area contributed by atoms with Crippen molar-refractivity contribution in [1.29, 1.82) is 0 Å². The van der Waals surface area contributed by atoms with Crippen molar-refractivity contribution in [3.05, 3.63) is 24.3 Å². The first kappa shape index (κ1) is 15.1. The van der Waals surface area contributed by atoms with E-state index < -0.39 is 0 Å². The van der Waals surface area contributed by atoms with Crippen molar-refractivity contribution in [2.75, 3.05) is 33.4 Å². The molecule has 1 heterocycles. The lowest BCUT2D eigenvalue weighted by atomic mass is 10.1. The molecule has 0 aromatic heterocycles. The summed E-state index contributed by atoms with van der Waals surface area (Å²) in [6.07, 6.45) is 4.93. The van der Waals surface area contributed by atoms with E-state index in [1.165, 1.54) is 25.8 Å². The molecule has 2 N–H and O–H groups in total. The highest BCUT2D eigenvalue weighted by Crippen LogP contribution is 2.26. The largest absolute Gasteiger partial charge is 0.493 e. The van der Waals surface area contributed by atoms with E-state index in [1.807, 2.05) is 24.3 Å². The number of hydrogen-bond donors (Lipinski definition) is 1. The van der Waals surface area contributed by atoms with Gasteiger partial charge in [-0.1, -0.05) is 12.1 Å². The van der Waals surface area contributed by atoms with Gasteiger partial charge in [0.25, 0.3) is 0 Å². The highest BCUT2D eigenvalue weighted by Gasteiger charge is 2.23. The minimum atomic E-state index is 0.694. The van der Waals surface area contributed by atoms with Gasteiger partial charge in [-0.15, -0.1) is 0 Å². The Morgan fingerprint density at radius 1 is 1.30 bits per heavy atom. The second kappa shape index (κ2) is 8.12. The van der Waals surface area contributed by atoms with Crippen molar-refractivity contribution >= 4 is 0 Å². The van der Waals surface area contributed by atoms with E-state index in [9.17, 15) is 0 Å². The number of ether oxygens (including phenoxy) is 2. The Morgan fingerprint density at radius 2 is 2.10 bits per heavy atom. The monoisotopic (exact) mass is 278 g/mol. The molecule has 112 valence electrons. The van der Waals surface area contributed by atoms with Gasteiger partial charge in [-0.25, -0.2) is 0 Å². The van der Waals surface area contributed by atoms with Crippen LogP contribution in [0.25, 0.3) is 0 Å². The van der Waals surface area contributed by atoms with Gasteiger partial charge in [0.1, 0.15) is 6.61 Å². The van der Waals surface area contributed by atoms with Crippen molar-refractivity contribution in [3.63, 3.8) is 0 Å². The van der Waals surface area contributed by atoms with Crippen LogP contribution in [0.4, 0.5) is 0 Å². The fourth-order valence-electron chi connectivity index (χ4n) is 2.88. The lowest BCUT2D eigenvalue weighted by Crippen LogP contribution is -2.33. The van der Waals surface area contributed by atoms with E-state index in [4.69, 9.17) is 15.2 Å². The van der Waals surface area contributed by atoms with Gasteiger partial charge in [-0.2, -0.15) is 0 Å². The Balaban J connectivity index is 1.77.